The molecule has 1 radical (unpaired) electrons. The molecule has 1 aromatic carbocycles. The number of allylic oxidation sites excluding steroid dienone is 1. The second-order valence-corrected chi connectivity index (χ2v) is 3.01. The third-order valence-electron chi connectivity index (χ3n) is 2.21. The van der Waals surface area contributed by atoms with E-state index in [4.69, 9.17) is 4.74 Å². The van der Waals surface area contributed by atoms with E-state index >= 15 is 0 Å². The molecule has 0 aromatic heterocycles. The Hall–Kier alpha value is -1.50. The van der Waals surface area contributed by atoms with Gasteiger partial charge in [-0.25, -0.2) is 0 Å². The highest BCUT2D eigenvalue weighted by Crippen LogP contribution is 2.28. The van der Waals surface area contributed by atoms with Crippen LogP contribution in [0.2, 0.25) is 0 Å². The summed E-state index contributed by atoms with van der Waals surface area (Å²) in [6.07, 6.45) is 3.59. The highest BCUT2D eigenvalue weighted by Gasteiger charge is 2.09. The van der Waals surface area contributed by atoms with Crippen molar-refractivity contribution in [1.82, 2.24) is 0 Å². The van der Waals surface area contributed by atoms with Gasteiger partial charge in [0.2, 0.25) is 0 Å². The predicted molar refractivity (Wildman–Crippen MR) is 61.4 cm³/mol. The minimum atomic E-state index is 0.0677. The normalized spacial score (nSPS) is 11.9. The summed E-state index contributed by atoms with van der Waals surface area (Å²) in [5.41, 5.74) is 2.09. The van der Waals surface area contributed by atoms with E-state index in [0.29, 0.717) is 0 Å². The van der Waals surface area contributed by atoms with Gasteiger partial charge in [-0.2, -0.15) is 0 Å². The van der Waals surface area contributed by atoms with Crippen LogP contribution in [-0.4, -0.2) is 7.11 Å². The van der Waals surface area contributed by atoms with Crippen LogP contribution in [0.3, 0.4) is 0 Å². The average molecular weight is 187 g/mol. The summed E-state index contributed by atoms with van der Waals surface area (Å²) in [6.45, 7) is 11.5. The molecular weight excluding hydrogens is 172 g/mol. The molecule has 0 bridgehead atoms. The standard InChI is InChI=1S/C13H15O/c1-5-10(3)12-8-7-9-13(14-4)11(12)6-2/h5-10H,1-3H2,4H3. The minimum Gasteiger partial charge on any atom is -0.496 e. The van der Waals surface area contributed by atoms with Gasteiger partial charge in [0.1, 0.15) is 5.75 Å². The maximum atomic E-state index is 5.24. The molecule has 0 fully saturated rings. The molecule has 73 valence electrons. The Bertz CT molecular complexity index is 339. The summed E-state index contributed by atoms with van der Waals surface area (Å²) in [5, 5.41) is 0. The number of ether oxygens (including phenoxy) is 1. The lowest BCUT2D eigenvalue weighted by Gasteiger charge is -2.13. The third-order valence-corrected chi connectivity index (χ3v) is 2.21. The van der Waals surface area contributed by atoms with Crippen molar-refractivity contribution >= 4 is 6.08 Å². The average Bonchev–Trinajstić information content (AvgIpc) is 2.26. The zero-order valence-corrected chi connectivity index (χ0v) is 8.49. The van der Waals surface area contributed by atoms with Gasteiger partial charge in [-0.15, -0.1) is 6.58 Å². The van der Waals surface area contributed by atoms with E-state index in [1.165, 1.54) is 0 Å². The van der Waals surface area contributed by atoms with E-state index in [9.17, 15) is 0 Å². The van der Waals surface area contributed by atoms with Gasteiger partial charge in [-0.1, -0.05) is 30.9 Å². The molecule has 0 spiro atoms. The molecule has 14 heavy (non-hydrogen) atoms. The van der Waals surface area contributed by atoms with Crippen molar-refractivity contribution in [2.75, 3.05) is 7.11 Å². The van der Waals surface area contributed by atoms with Gasteiger partial charge in [-0.05, 0) is 18.6 Å². The number of hydrogen-bond donors (Lipinski definition) is 0. The molecule has 0 heterocycles. The van der Waals surface area contributed by atoms with Crippen molar-refractivity contribution in [3.63, 3.8) is 0 Å². The maximum Gasteiger partial charge on any atom is 0.126 e. The zero-order valence-electron chi connectivity index (χ0n) is 8.49. The summed E-state index contributed by atoms with van der Waals surface area (Å²) in [4.78, 5) is 0. The Morgan fingerprint density at radius 2 is 2.07 bits per heavy atom. The summed E-state index contributed by atoms with van der Waals surface area (Å²) < 4.78 is 5.24. The first kappa shape index (κ1) is 10.6. The first-order valence-corrected chi connectivity index (χ1v) is 4.49. The number of hydrogen-bond acceptors (Lipinski definition) is 1. The molecule has 1 unspecified atom stereocenters. The van der Waals surface area contributed by atoms with E-state index < -0.39 is 0 Å². The fourth-order valence-electron chi connectivity index (χ4n) is 1.41. The van der Waals surface area contributed by atoms with Crippen LogP contribution in [0.15, 0.2) is 37.4 Å². The Morgan fingerprint density at radius 3 is 2.57 bits per heavy atom. The van der Waals surface area contributed by atoms with Gasteiger partial charge < -0.3 is 4.74 Å². The molecule has 1 heteroatoms. The van der Waals surface area contributed by atoms with E-state index in [0.717, 1.165) is 16.9 Å². The van der Waals surface area contributed by atoms with Crippen LogP contribution in [-0.2, 0) is 0 Å². The summed E-state index contributed by atoms with van der Waals surface area (Å²) in [5.74, 6) is 0.895. The SMILES string of the molecule is [CH2]C(C=C)c1cccc(OC)c1C=C. The Kier molecular flexibility index (Phi) is 3.52. The Morgan fingerprint density at radius 1 is 1.36 bits per heavy atom. The molecule has 1 atom stereocenters. The molecule has 0 saturated carbocycles. The van der Waals surface area contributed by atoms with E-state index in [-0.39, 0.29) is 5.92 Å². The maximum absolute atomic E-state index is 5.24. The van der Waals surface area contributed by atoms with Crippen molar-refractivity contribution in [3.05, 3.63) is 55.5 Å². The zero-order chi connectivity index (χ0) is 10.6. The molecule has 0 amide bonds. The highest BCUT2D eigenvalue weighted by atomic mass is 16.5. The first-order chi connectivity index (χ1) is 6.74. The lowest BCUT2D eigenvalue weighted by Crippen LogP contribution is -1.96. The van der Waals surface area contributed by atoms with Gasteiger partial charge in [0.25, 0.3) is 0 Å². The van der Waals surface area contributed by atoms with Crippen molar-refractivity contribution in [2.24, 2.45) is 0 Å². The van der Waals surface area contributed by atoms with Crippen LogP contribution < -0.4 is 4.74 Å². The molecular formula is C13H15O. The number of methoxy groups -OCH3 is 1. The van der Waals surface area contributed by atoms with Gasteiger partial charge in [-0.3, -0.25) is 0 Å². The van der Waals surface area contributed by atoms with Crippen LogP contribution in [0.25, 0.3) is 6.08 Å². The van der Waals surface area contributed by atoms with Gasteiger partial charge in [0, 0.05) is 11.5 Å². The van der Waals surface area contributed by atoms with Crippen molar-refractivity contribution < 1.29 is 4.74 Å². The monoisotopic (exact) mass is 187 g/mol. The number of benzene rings is 1. The van der Waals surface area contributed by atoms with Crippen LogP contribution in [0.5, 0.6) is 5.75 Å². The summed E-state index contributed by atoms with van der Waals surface area (Å²) in [7, 11) is 1.65. The first-order valence-electron chi connectivity index (χ1n) is 4.49. The van der Waals surface area contributed by atoms with Crippen molar-refractivity contribution in [3.8, 4) is 5.75 Å². The number of rotatable bonds is 4. The molecule has 1 nitrogen and oxygen atoms in total. The molecule has 0 N–H and O–H groups in total. The largest absolute Gasteiger partial charge is 0.496 e. The van der Waals surface area contributed by atoms with Crippen LogP contribution in [0.1, 0.15) is 17.0 Å². The van der Waals surface area contributed by atoms with Crippen molar-refractivity contribution in [1.29, 1.82) is 0 Å². The molecule has 0 saturated heterocycles. The molecule has 1 aromatic rings. The van der Waals surface area contributed by atoms with Crippen LogP contribution in [0.4, 0.5) is 0 Å². The van der Waals surface area contributed by atoms with Crippen LogP contribution in [0, 0.1) is 6.92 Å². The lowest BCUT2D eigenvalue weighted by atomic mass is 9.95. The predicted octanol–water partition coefficient (Wildman–Crippen LogP) is 3.44. The van der Waals surface area contributed by atoms with Gasteiger partial charge in [0.05, 0.1) is 7.11 Å². The van der Waals surface area contributed by atoms with E-state index in [1.807, 2.05) is 24.3 Å². The second-order valence-electron chi connectivity index (χ2n) is 3.01. The van der Waals surface area contributed by atoms with E-state index in [1.54, 1.807) is 13.2 Å². The second kappa shape index (κ2) is 4.66. The quantitative estimate of drug-likeness (QED) is 0.656. The smallest absolute Gasteiger partial charge is 0.126 e. The lowest BCUT2D eigenvalue weighted by molar-refractivity contribution is 0.413. The summed E-state index contributed by atoms with van der Waals surface area (Å²) in [6, 6.07) is 5.87. The third kappa shape index (κ3) is 1.87. The topological polar surface area (TPSA) is 9.23 Å². The van der Waals surface area contributed by atoms with Crippen LogP contribution >= 0.6 is 0 Å². The minimum absolute atomic E-state index is 0.0677. The van der Waals surface area contributed by atoms with Gasteiger partial charge in [0.15, 0.2) is 0 Å². The molecule has 1 rings (SSSR count). The fraction of sp³-hybridized carbons (Fsp3) is 0.154. The van der Waals surface area contributed by atoms with Gasteiger partial charge >= 0.3 is 0 Å². The molecule has 0 aliphatic heterocycles. The summed E-state index contributed by atoms with van der Waals surface area (Å²) >= 11 is 0. The van der Waals surface area contributed by atoms with E-state index in [2.05, 4.69) is 20.1 Å². The fourth-order valence-corrected chi connectivity index (χ4v) is 1.41. The molecule has 0 aliphatic rings. The highest BCUT2D eigenvalue weighted by molar-refractivity contribution is 5.61. The molecule has 0 aliphatic carbocycles. The van der Waals surface area contributed by atoms with Crippen molar-refractivity contribution in [2.45, 2.75) is 5.92 Å². The Labute approximate surface area is 85.7 Å². The Balaban J connectivity index is 3.28.